The molecule has 1 aliphatic carbocycles. The van der Waals surface area contributed by atoms with Gasteiger partial charge in [0, 0.05) is 12.0 Å². The molecule has 0 amide bonds. The van der Waals surface area contributed by atoms with Crippen molar-refractivity contribution in [1.82, 2.24) is 0 Å². The van der Waals surface area contributed by atoms with E-state index in [2.05, 4.69) is 36.5 Å². The highest BCUT2D eigenvalue weighted by Crippen LogP contribution is 2.53. The van der Waals surface area contributed by atoms with Crippen molar-refractivity contribution in [2.75, 3.05) is 5.32 Å². The van der Waals surface area contributed by atoms with Crippen LogP contribution in [0.4, 0.5) is 11.4 Å². The fourth-order valence-electron chi connectivity index (χ4n) is 4.21. The van der Waals surface area contributed by atoms with E-state index in [1.165, 1.54) is 5.56 Å². The largest absolute Gasteiger partial charge is 0.372 e. The van der Waals surface area contributed by atoms with Crippen LogP contribution in [0.3, 0.4) is 0 Å². The van der Waals surface area contributed by atoms with Crippen LogP contribution in [0, 0.1) is 29.9 Å². The molecule has 4 heteroatoms. The molecule has 0 saturated carbocycles. The molecule has 1 aliphatic heterocycles. The first-order chi connectivity index (χ1) is 11.6. The zero-order chi connectivity index (χ0) is 16.8. The standard InChI is InChI=1S/C20H20N2O2/c1-12-11-17(22(23)24)20-18(13(12)2)15-9-6-10-16(15)19(21-20)14-7-4-3-5-8-14/h3-9,11,15-16,19,21H,10H2,1-2H3/t15-,16-,19+/m1/s1. The summed E-state index contributed by atoms with van der Waals surface area (Å²) in [6.07, 6.45) is 5.45. The summed E-state index contributed by atoms with van der Waals surface area (Å²) in [5.74, 6) is 0.644. The van der Waals surface area contributed by atoms with Gasteiger partial charge < -0.3 is 5.32 Å². The van der Waals surface area contributed by atoms with Gasteiger partial charge in [-0.05, 0) is 48.4 Å². The van der Waals surface area contributed by atoms with E-state index in [0.717, 1.165) is 23.1 Å². The molecule has 4 nitrogen and oxygen atoms in total. The number of benzene rings is 2. The maximum atomic E-state index is 11.6. The first-order valence-electron chi connectivity index (χ1n) is 8.34. The number of fused-ring (bicyclic) bond motifs is 3. The molecule has 0 radical (unpaired) electrons. The average molecular weight is 320 g/mol. The molecule has 0 aromatic heterocycles. The molecular weight excluding hydrogens is 300 g/mol. The monoisotopic (exact) mass is 320 g/mol. The fraction of sp³-hybridized carbons (Fsp3) is 0.300. The summed E-state index contributed by atoms with van der Waals surface area (Å²) in [5, 5.41) is 15.1. The number of nitrogens with one attached hydrogen (secondary N) is 1. The van der Waals surface area contributed by atoms with Crippen molar-refractivity contribution >= 4 is 11.4 Å². The normalized spacial score (nSPS) is 24.2. The van der Waals surface area contributed by atoms with Gasteiger partial charge in [-0.15, -0.1) is 0 Å². The minimum atomic E-state index is -0.265. The fourth-order valence-corrected chi connectivity index (χ4v) is 4.21. The van der Waals surface area contributed by atoms with E-state index in [1.807, 2.05) is 25.1 Å². The Morgan fingerprint density at radius 1 is 1.21 bits per heavy atom. The third-order valence-corrected chi connectivity index (χ3v) is 5.50. The van der Waals surface area contributed by atoms with Crippen molar-refractivity contribution in [1.29, 1.82) is 0 Å². The van der Waals surface area contributed by atoms with Gasteiger partial charge in [-0.3, -0.25) is 10.1 Å². The number of anilines is 1. The van der Waals surface area contributed by atoms with E-state index < -0.39 is 0 Å². The summed E-state index contributed by atoms with van der Waals surface area (Å²) in [6, 6.07) is 12.1. The molecule has 1 N–H and O–H groups in total. The number of rotatable bonds is 2. The van der Waals surface area contributed by atoms with E-state index in [9.17, 15) is 10.1 Å². The molecule has 0 saturated heterocycles. The Morgan fingerprint density at radius 2 is 1.96 bits per heavy atom. The molecular formula is C20H20N2O2. The van der Waals surface area contributed by atoms with Crippen molar-refractivity contribution in [2.24, 2.45) is 5.92 Å². The van der Waals surface area contributed by atoms with Crippen molar-refractivity contribution in [3.8, 4) is 0 Å². The summed E-state index contributed by atoms with van der Waals surface area (Å²) >= 11 is 0. The van der Waals surface area contributed by atoms with E-state index in [4.69, 9.17) is 0 Å². The molecule has 24 heavy (non-hydrogen) atoms. The highest BCUT2D eigenvalue weighted by Gasteiger charge is 2.41. The van der Waals surface area contributed by atoms with Gasteiger partial charge in [-0.1, -0.05) is 42.5 Å². The zero-order valence-corrected chi connectivity index (χ0v) is 13.8. The minimum absolute atomic E-state index is 0.0968. The van der Waals surface area contributed by atoms with Crippen LogP contribution < -0.4 is 5.32 Å². The van der Waals surface area contributed by atoms with Crippen LogP contribution in [0.25, 0.3) is 0 Å². The first kappa shape index (κ1) is 14.9. The van der Waals surface area contributed by atoms with Gasteiger partial charge in [0.1, 0.15) is 5.69 Å². The second kappa shape index (κ2) is 5.48. The van der Waals surface area contributed by atoms with Crippen LogP contribution >= 0.6 is 0 Å². The maximum Gasteiger partial charge on any atom is 0.292 e. The zero-order valence-electron chi connectivity index (χ0n) is 13.8. The predicted octanol–water partition coefficient (Wildman–Crippen LogP) is 5.04. The maximum absolute atomic E-state index is 11.6. The molecule has 3 atom stereocenters. The summed E-state index contributed by atoms with van der Waals surface area (Å²) in [7, 11) is 0. The lowest BCUT2D eigenvalue weighted by Crippen LogP contribution is -2.30. The Bertz CT molecular complexity index is 842. The van der Waals surface area contributed by atoms with Gasteiger partial charge in [0.2, 0.25) is 0 Å². The second-order valence-corrected chi connectivity index (χ2v) is 6.77. The van der Waals surface area contributed by atoms with Crippen LogP contribution in [0.5, 0.6) is 0 Å². The Balaban J connectivity index is 1.92. The molecule has 1 heterocycles. The van der Waals surface area contributed by atoms with Crippen LogP contribution in [-0.4, -0.2) is 4.92 Å². The number of hydrogen-bond acceptors (Lipinski definition) is 3. The number of nitrogens with zero attached hydrogens (tertiary/aromatic N) is 1. The molecule has 4 rings (SSSR count). The average Bonchev–Trinajstić information content (AvgIpc) is 3.07. The third-order valence-electron chi connectivity index (χ3n) is 5.50. The van der Waals surface area contributed by atoms with Gasteiger partial charge in [-0.2, -0.15) is 0 Å². The number of hydrogen-bond donors (Lipinski definition) is 1. The van der Waals surface area contributed by atoms with Crippen LogP contribution in [0.1, 0.15) is 40.6 Å². The summed E-state index contributed by atoms with van der Waals surface area (Å²) < 4.78 is 0. The lowest BCUT2D eigenvalue weighted by atomic mass is 9.74. The van der Waals surface area contributed by atoms with E-state index in [-0.39, 0.29) is 22.6 Å². The Kier molecular flexibility index (Phi) is 3.41. The number of aryl methyl sites for hydroxylation is 1. The molecule has 2 aromatic rings. The highest BCUT2D eigenvalue weighted by molar-refractivity contribution is 5.74. The SMILES string of the molecule is Cc1cc([N+](=O)[O-])c2c(c1C)[C@@H]1C=CC[C@H]1[C@H](c1ccccc1)N2. The molecule has 2 aromatic carbocycles. The highest BCUT2D eigenvalue weighted by atomic mass is 16.6. The van der Waals surface area contributed by atoms with Crippen molar-refractivity contribution < 1.29 is 4.92 Å². The van der Waals surface area contributed by atoms with E-state index >= 15 is 0 Å². The quantitative estimate of drug-likeness (QED) is 0.479. The van der Waals surface area contributed by atoms with Gasteiger partial charge in [-0.25, -0.2) is 0 Å². The van der Waals surface area contributed by atoms with E-state index in [1.54, 1.807) is 6.07 Å². The molecule has 0 bridgehead atoms. The number of allylic oxidation sites excluding steroid dienone is 2. The second-order valence-electron chi connectivity index (χ2n) is 6.77. The van der Waals surface area contributed by atoms with Crippen molar-refractivity contribution in [3.63, 3.8) is 0 Å². The van der Waals surface area contributed by atoms with Gasteiger partial charge in [0.05, 0.1) is 11.0 Å². The Hall–Kier alpha value is -2.62. The summed E-state index contributed by atoms with van der Waals surface area (Å²) in [5.41, 5.74) is 5.33. The molecule has 122 valence electrons. The van der Waals surface area contributed by atoms with Gasteiger partial charge >= 0.3 is 0 Å². The lowest BCUT2D eigenvalue weighted by Gasteiger charge is -2.38. The van der Waals surface area contributed by atoms with Crippen molar-refractivity contribution in [2.45, 2.75) is 32.2 Å². The van der Waals surface area contributed by atoms with Crippen LogP contribution in [0.2, 0.25) is 0 Å². The predicted molar refractivity (Wildman–Crippen MR) is 95.4 cm³/mol. The minimum Gasteiger partial charge on any atom is -0.372 e. The van der Waals surface area contributed by atoms with Gasteiger partial charge in [0.25, 0.3) is 5.69 Å². The first-order valence-corrected chi connectivity index (χ1v) is 8.34. The summed E-state index contributed by atoms with van der Waals surface area (Å²) in [6.45, 7) is 4.03. The van der Waals surface area contributed by atoms with Crippen LogP contribution in [-0.2, 0) is 0 Å². The number of nitro groups is 1. The molecule has 0 fully saturated rings. The smallest absolute Gasteiger partial charge is 0.292 e. The Labute approximate surface area is 141 Å². The summed E-state index contributed by atoms with van der Waals surface area (Å²) in [4.78, 5) is 11.4. The third kappa shape index (κ3) is 2.13. The van der Waals surface area contributed by atoms with Gasteiger partial charge in [0.15, 0.2) is 0 Å². The number of nitro benzene ring substituents is 1. The lowest BCUT2D eigenvalue weighted by molar-refractivity contribution is -0.384. The van der Waals surface area contributed by atoms with E-state index in [0.29, 0.717) is 11.6 Å². The Morgan fingerprint density at radius 3 is 2.67 bits per heavy atom. The molecule has 2 aliphatic rings. The van der Waals surface area contributed by atoms with Crippen LogP contribution in [0.15, 0.2) is 48.6 Å². The molecule has 0 spiro atoms. The van der Waals surface area contributed by atoms with Crippen molar-refractivity contribution in [3.05, 3.63) is 80.9 Å². The topological polar surface area (TPSA) is 55.2 Å². The molecule has 0 unspecified atom stereocenters.